The van der Waals surface area contributed by atoms with Crippen LogP contribution in [0.3, 0.4) is 0 Å². The van der Waals surface area contributed by atoms with Crippen molar-refractivity contribution in [3.8, 4) is 0 Å². The summed E-state index contributed by atoms with van der Waals surface area (Å²) in [6.07, 6.45) is 4.14. The molecule has 17 heavy (non-hydrogen) atoms. The Kier molecular flexibility index (Phi) is 3.51. The third kappa shape index (κ3) is 2.51. The van der Waals surface area contributed by atoms with Crippen molar-refractivity contribution in [2.45, 2.75) is 51.0 Å². The third-order valence-electron chi connectivity index (χ3n) is 3.61. The second kappa shape index (κ2) is 4.91. The molecule has 0 spiro atoms. The highest BCUT2D eigenvalue weighted by atomic mass is 16.2. The summed E-state index contributed by atoms with van der Waals surface area (Å²) in [6.45, 7) is 4.23. The molecule has 1 aromatic carbocycles. The maximum atomic E-state index is 12.3. The zero-order chi connectivity index (χ0) is 12.3. The van der Waals surface area contributed by atoms with E-state index in [0.717, 1.165) is 25.7 Å². The maximum absolute atomic E-state index is 12.3. The van der Waals surface area contributed by atoms with Gasteiger partial charge in [-0.05, 0) is 31.7 Å². The molecular formula is C15H21NO. The number of amides is 1. The molecule has 2 heteroatoms. The number of nitrogens with one attached hydrogen (secondary N) is 1. The van der Waals surface area contributed by atoms with Gasteiger partial charge in [-0.1, -0.05) is 43.7 Å². The Morgan fingerprint density at radius 2 is 2.00 bits per heavy atom. The molecule has 1 aliphatic carbocycles. The first-order valence-electron chi connectivity index (χ1n) is 6.55. The molecule has 0 radical (unpaired) electrons. The lowest BCUT2D eigenvalue weighted by Gasteiger charge is -2.19. The Bertz CT molecular complexity index is 381. The topological polar surface area (TPSA) is 29.1 Å². The van der Waals surface area contributed by atoms with E-state index in [2.05, 4.69) is 31.3 Å². The third-order valence-corrected chi connectivity index (χ3v) is 3.61. The molecule has 1 unspecified atom stereocenters. The number of hydrogen-bond donors (Lipinski definition) is 1. The lowest BCUT2D eigenvalue weighted by atomic mass is 9.94. The first-order valence-corrected chi connectivity index (χ1v) is 6.55. The van der Waals surface area contributed by atoms with Crippen LogP contribution in [0.5, 0.6) is 0 Å². The van der Waals surface area contributed by atoms with Crippen molar-refractivity contribution in [2.24, 2.45) is 0 Å². The molecule has 0 saturated heterocycles. The van der Waals surface area contributed by atoms with E-state index in [1.807, 2.05) is 18.2 Å². The van der Waals surface area contributed by atoms with Crippen LogP contribution in [0.1, 0.15) is 45.1 Å². The highest BCUT2D eigenvalue weighted by Crippen LogP contribution is 2.48. The summed E-state index contributed by atoms with van der Waals surface area (Å²) in [5, 5.41) is 3.14. The van der Waals surface area contributed by atoms with Gasteiger partial charge in [0.25, 0.3) is 0 Å². The summed E-state index contributed by atoms with van der Waals surface area (Å²) >= 11 is 0. The zero-order valence-corrected chi connectivity index (χ0v) is 10.7. The Balaban J connectivity index is 2.04. The van der Waals surface area contributed by atoms with Gasteiger partial charge in [0.2, 0.25) is 5.91 Å². The number of rotatable bonds is 5. The number of hydrogen-bond acceptors (Lipinski definition) is 1. The summed E-state index contributed by atoms with van der Waals surface area (Å²) in [4.78, 5) is 12.3. The fourth-order valence-corrected chi connectivity index (χ4v) is 2.40. The van der Waals surface area contributed by atoms with E-state index in [1.54, 1.807) is 0 Å². The lowest BCUT2D eigenvalue weighted by Crippen LogP contribution is -2.40. The van der Waals surface area contributed by atoms with Gasteiger partial charge in [0.1, 0.15) is 0 Å². The monoisotopic (exact) mass is 231 g/mol. The summed E-state index contributed by atoms with van der Waals surface area (Å²) in [7, 11) is 0. The second-order valence-electron chi connectivity index (χ2n) is 5.11. The molecule has 0 bridgehead atoms. The van der Waals surface area contributed by atoms with E-state index in [-0.39, 0.29) is 17.4 Å². The molecule has 2 nitrogen and oxygen atoms in total. The summed E-state index contributed by atoms with van der Waals surface area (Å²) < 4.78 is 0. The fourth-order valence-electron chi connectivity index (χ4n) is 2.40. The van der Waals surface area contributed by atoms with Crippen molar-refractivity contribution in [3.63, 3.8) is 0 Å². The maximum Gasteiger partial charge on any atom is 0.230 e. The van der Waals surface area contributed by atoms with E-state index in [9.17, 15) is 4.79 Å². The van der Waals surface area contributed by atoms with Crippen LogP contribution >= 0.6 is 0 Å². The Hall–Kier alpha value is -1.31. The van der Waals surface area contributed by atoms with Crippen LogP contribution in [0.4, 0.5) is 0 Å². The first kappa shape index (κ1) is 12.2. The Morgan fingerprint density at radius 3 is 2.53 bits per heavy atom. The zero-order valence-electron chi connectivity index (χ0n) is 10.7. The highest BCUT2D eigenvalue weighted by Gasteiger charge is 2.51. The summed E-state index contributed by atoms with van der Waals surface area (Å²) in [6, 6.07) is 10.4. The normalized spacial score (nSPS) is 18.5. The number of carbonyl (C=O) groups is 1. The molecule has 2 rings (SSSR count). The summed E-state index contributed by atoms with van der Waals surface area (Å²) in [5.41, 5.74) is 0.949. The molecule has 1 aromatic rings. The predicted octanol–water partition coefficient (Wildman–Crippen LogP) is 3.02. The molecule has 1 N–H and O–H groups in total. The van der Waals surface area contributed by atoms with Crippen LogP contribution < -0.4 is 5.32 Å². The molecule has 0 aromatic heterocycles. The molecule has 0 aliphatic heterocycles. The average molecular weight is 231 g/mol. The van der Waals surface area contributed by atoms with Crippen LogP contribution in [-0.2, 0) is 10.2 Å². The Labute approximate surface area is 103 Å². The molecule has 1 atom stereocenters. The Morgan fingerprint density at radius 1 is 1.35 bits per heavy atom. The first-order chi connectivity index (χ1) is 8.19. The lowest BCUT2D eigenvalue weighted by molar-refractivity contribution is -0.124. The molecule has 1 aliphatic rings. The van der Waals surface area contributed by atoms with Gasteiger partial charge >= 0.3 is 0 Å². The van der Waals surface area contributed by atoms with E-state index in [0.29, 0.717) is 0 Å². The average Bonchev–Trinajstić information content (AvgIpc) is 3.11. The van der Waals surface area contributed by atoms with Crippen molar-refractivity contribution in [3.05, 3.63) is 35.9 Å². The van der Waals surface area contributed by atoms with Crippen LogP contribution in [0.15, 0.2) is 30.3 Å². The van der Waals surface area contributed by atoms with Crippen LogP contribution in [0.25, 0.3) is 0 Å². The van der Waals surface area contributed by atoms with Gasteiger partial charge in [0.15, 0.2) is 0 Å². The van der Waals surface area contributed by atoms with Gasteiger partial charge in [-0.2, -0.15) is 0 Å². The predicted molar refractivity (Wildman–Crippen MR) is 69.9 cm³/mol. The minimum Gasteiger partial charge on any atom is -0.353 e. The number of carbonyl (C=O) groups excluding carboxylic acids is 1. The molecule has 1 amide bonds. The van der Waals surface area contributed by atoms with E-state index >= 15 is 0 Å². The van der Waals surface area contributed by atoms with Crippen molar-refractivity contribution >= 4 is 5.91 Å². The minimum absolute atomic E-state index is 0.213. The van der Waals surface area contributed by atoms with E-state index < -0.39 is 0 Å². The van der Waals surface area contributed by atoms with E-state index in [4.69, 9.17) is 0 Å². The molecular weight excluding hydrogens is 210 g/mol. The largest absolute Gasteiger partial charge is 0.353 e. The van der Waals surface area contributed by atoms with Gasteiger partial charge in [0, 0.05) is 6.04 Å². The summed E-state index contributed by atoms with van der Waals surface area (Å²) in [5.74, 6) is 0.213. The van der Waals surface area contributed by atoms with Gasteiger partial charge in [-0.25, -0.2) is 0 Å². The quantitative estimate of drug-likeness (QED) is 0.829. The smallest absolute Gasteiger partial charge is 0.230 e. The van der Waals surface area contributed by atoms with E-state index in [1.165, 1.54) is 5.56 Å². The van der Waals surface area contributed by atoms with Crippen LogP contribution in [-0.4, -0.2) is 11.9 Å². The molecule has 0 heterocycles. The number of benzene rings is 1. The van der Waals surface area contributed by atoms with Crippen molar-refractivity contribution in [1.82, 2.24) is 5.32 Å². The van der Waals surface area contributed by atoms with Gasteiger partial charge in [0.05, 0.1) is 5.41 Å². The fraction of sp³-hybridized carbons (Fsp3) is 0.533. The van der Waals surface area contributed by atoms with Gasteiger partial charge < -0.3 is 5.32 Å². The van der Waals surface area contributed by atoms with Crippen LogP contribution in [0, 0.1) is 0 Å². The van der Waals surface area contributed by atoms with Crippen LogP contribution in [0.2, 0.25) is 0 Å². The highest BCUT2D eigenvalue weighted by molar-refractivity contribution is 5.91. The van der Waals surface area contributed by atoms with Gasteiger partial charge in [-0.3, -0.25) is 4.79 Å². The SMILES string of the molecule is CCCC(C)NC(=O)C1(c2ccccc2)CC1. The van der Waals surface area contributed by atoms with Crippen molar-refractivity contribution in [2.75, 3.05) is 0 Å². The van der Waals surface area contributed by atoms with Crippen molar-refractivity contribution in [1.29, 1.82) is 0 Å². The molecule has 1 fully saturated rings. The van der Waals surface area contributed by atoms with Gasteiger partial charge in [-0.15, -0.1) is 0 Å². The minimum atomic E-state index is -0.219. The molecule has 92 valence electrons. The standard InChI is InChI=1S/C15H21NO/c1-3-7-12(2)16-14(17)15(10-11-15)13-8-5-4-6-9-13/h4-6,8-9,12H,3,7,10-11H2,1-2H3,(H,16,17). The second-order valence-corrected chi connectivity index (χ2v) is 5.11. The molecule has 1 saturated carbocycles. The van der Waals surface area contributed by atoms with Crippen molar-refractivity contribution < 1.29 is 4.79 Å².